The standard InChI is InChI=1S/C13H15FN2O2S/c14-10-3-1-9(2-4-10)7-15-13(18)11-8-19-6-5-12(17)16-11/h1-4,11H,5-8H2,(H,15,18)(H,16,17)/t11-/m1/s1. The average molecular weight is 282 g/mol. The lowest BCUT2D eigenvalue weighted by Crippen LogP contribution is -2.47. The fraction of sp³-hybridized carbons (Fsp3) is 0.385. The summed E-state index contributed by atoms with van der Waals surface area (Å²) in [4.78, 5) is 23.3. The Morgan fingerprint density at radius 3 is 2.89 bits per heavy atom. The minimum Gasteiger partial charge on any atom is -0.350 e. The third-order valence-corrected chi connectivity index (χ3v) is 3.85. The van der Waals surface area contributed by atoms with Gasteiger partial charge >= 0.3 is 0 Å². The number of benzene rings is 1. The zero-order chi connectivity index (χ0) is 13.7. The first-order valence-electron chi connectivity index (χ1n) is 6.04. The lowest BCUT2D eigenvalue weighted by molar-refractivity contribution is -0.128. The van der Waals surface area contributed by atoms with Crippen molar-refractivity contribution in [2.45, 2.75) is 19.0 Å². The second-order valence-corrected chi connectivity index (χ2v) is 5.44. The van der Waals surface area contributed by atoms with Crippen LogP contribution in [-0.2, 0) is 16.1 Å². The van der Waals surface area contributed by atoms with Gasteiger partial charge in [0, 0.05) is 24.5 Å². The molecule has 1 saturated heterocycles. The summed E-state index contributed by atoms with van der Waals surface area (Å²) in [6.45, 7) is 0.330. The molecule has 2 rings (SSSR count). The SMILES string of the molecule is O=C1CCSC[C@H](C(=O)NCc2ccc(F)cc2)N1. The van der Waals surface area contributed by atoms with Crippen molar-refractivity contribution in [1.29, 1.82) is 0 Å². The Morgan fingerprint density at radius 2 is 2.16 bits per heavy atom. The van der Waals surface area contributed by atoms with E-state index in [1.165, 1.54) is 12.1 Å². The van der Waals surface area contributed by atoms with Gasteiger partial charge in [0.15, 0.2) is 0 Å². The van der Waals surface area contributed by atoms with Gasteiger partial charge < -0.3 is 10.6 Å². The average Bonchev–Trinajstić information content (AvgIpc) is 2.62. The Morgan fingerprint density at radius 1 is 1.42 bits per heavy atom. The van der Waals surface area contributed by atoms with Crippen molar-refractivity contribution in [2.75, 3.05) is 11.5 Å². The van der Waals surface area contributed by atoms with Crippen molar-refractivity contribution in [3.8, 4) is 0 Å². The normalized spacial score (nSPS) is 19.4. The molecule has 1 aliphatic heterocycles. The number of hydrogen-bond donors (Lipinski definition) is 2. The Kier molecular flexibility index (Phi) is 4.79. The maximum absolute atomic E-state index is 12.7. The Bertz CT molecular complexity index is 464. The molecule has 19 heavy (non-hydrogen) atoms. The minimum absolute atomic E-state index is 0.0908. The zero-order valence-electron chi connectivity index (χ0n) is 10.3. The van der Waals surface area contributed by atoms with Crippen LogP contribution in [0.1, 0.15) is 12.0 Å². The Labute approximate surface area is 115 Å². The number of carbonyl (C=O) groups is 2. The number of rotatable bonds is 3. The Balaban J connectivity index is 1.86. The van der Waals surface area contributed by atoms with Gasteiger partial charge in [-0.05, 0) is 17.7 Å². The van der Waals surface area contributed by atoms with Crippen LogP contribution in [0.2, 0.25) is 0 Å². The maximum atomic E-state index is 12.7. The van der Waals surface area contributed by atoms with Crippen LogP contribution in [0.25, 0.3) is 0 Å². The van der Waals surface area contributed by atoms with Gasteiger partial charge in [-0.1, -0.05) is 12.1 Å². The highest BCUT2D eigenvalue weighted by Gasteiger charge is 2.22. The molecule has 0 aliphatic carbocycles. The van der Waals surface area contributed by atoms with Crippen molar-refractivity contribution >= 4 is 23.6 Å². The minimum atomic E-state index is -0.486. The molecule has 2 N–H and O–H groups in total. The first-order chi connectivity index (χ1) is 9.15. The van der Waals surface area contributed by atoms with Crippen molar-refractivity contribution in [1.82, 2.24) is 10.6 Å². The molecule has 1 aromatic carbocycles. The molecule has 1 heterocycles. The lowest BCUT2D eigenvalue weighted by Gasteiger charge is -2.15. The van der Waals surface area contributed by atoms with E-state index in [-0.39, 0.29) is 17.6 Å². The highest BCUT2D eigenvalue weighted by molar-refractivity contribution is 7.99. The third kappa shape index (κ3) is 4.24. The predicted molar refractivity (Wildman–Crippen MR) is 72.1 cm³/mol. The summed E-state index contributed by atoms with van der Waals surface area (Å²) in [5.41, 5.74) is 0.822. The molecule has 0 aromatic heterocycles. The molecular formula is C13H15FN2O2S. The largest absolute Gasteiger partial charge is 0.350 e. The molecule has 0 unspecified atom stereocenters. The number of hydrogen-bond acceptors (Lipinski definition) is 3. The van der Waals surface area contributed by atoms with Crippen LogP contribution in [0.3, 0.4) is 0 Å². The summed E-state index contributed by atoms with van der Waals surface area (Å²) < 4.78 is 12.7. The fourth-order valence-corrected chi connectivity index (χ4v) is 2.70. The maximum Gasteiger partial charge on any atom is 0.243 e. The summed E-state index contributed by atoms with van der Waals surface area (Å²) >= 11 is 1.59. The lowest BCUT2D eigenvalue weighted by atomic mass is 10.2. The van der Waals surface area contributed by atoms with E-state index in [0.717, 1.165) is 11.3 Å². The summed E-state index contributed by atoms with van der Waals surface area (Å²) in [5, 5.41) is 5.44. The van der Waals surface area contributed by atoms with Crippen LogP contribution in [0.15, 0.2) is 24.3 Å². The van der Waals surface area contributed by atoms with Gasteiger partial charge in [-0.2, -0.15) is 11.8 Å². The van der Waals surface area contributed by atoms with Crippen LogP contribution in [-0.4, -0.2) is 29.4 Å². The molecule has 0 bridgehead atoms. The van der Waals surface area contributed by atoms with Gasteiger partial charge in [0.25, 0.3) is 0 Å². The van der Waals surface area contributed by atoms with E-state index in [1.807, 2.05) is 0 Å². The Hall–Kier alpha value is -1.56. The van der Waals surface area contributed by atoms with Crippen molar-refractivity contribution in [3.05, 3.63) is 35.6 Å². The molecule has 1 atom stereocenters. The van der Waals surface area contributed by atoms with E-state index in [0.29, 0.717) is 18.7 Å². The molecule has 0 radical (unpaired) electrons. The number of thioether (sulfide) groups is 1. The number of carbonyl (C=O) groups excluding carboxylic acids is 2. The number of nitrogens with one attached hydrogen (secondary N) is 2. The fourth-order valence-electron chi connectivity index (χ4n) is 1.73. The van der Waals surface area contributed by atoms with E-state index in [4.69, 9.17) is 0 Å². The monoisotopic (exact) mass is 282 g/mol. The molecule has 4 nitrogen and oxygen atoms in total. The van der Waals surface area contributed by atoms with Crippen LogP contribution in [0.4, 0.5) is 4.39 Å². The topological polar surface area (TPSA) is 58.2 Å². The van der Waals surface area contributed by atoms with E-state index >= 15 is 0 Å². The first-order valence-corrected chi connectivity index (χ1v) is 7.20. The summed E-state index contributed by atoms with van der Waals surface area (Å²) in [5.74, 6) is 0.732. The van der Waals surface area contributed by atoms with Crippen LogP contribution < -0.4 is 10.6 Å². The molecule has 1 fully saturated rings. The van der Waals surface area contributed by atoms with Crippen molar-refractivity contribution in [3.63, 3.8) is 0 Å². The van der Waals surface area contributed by atoms with Gasteiger partial charge in [-0.15, -0.1) is 0 Å². The quantitative estimate of drug-likeness (QED) is 0.871. The van der Waals surface area contributed by atoms with E-state index in [2.05, 4.69) is 10.6 Å². The van der Waals surface area contributed by atoms with Gasteiger partial charge in [0.1, 0.15) is 11.9 Å². The molecule has 1 aliphatic rings. The molecule has 6 heteroatoms. The molecular weight excluding hydrogens is 267 g/mol. The second-order valence-electron chi connectivity index (χ2n) is 4.29. The molecule has 1 aromatic rings. The van der Waals surface area contributed by atoms with Gasteiger partial charge in [0.05, 0.1) is 0 Å². The van der Waals surface area contributed by atoms with Crippen molar-refractivity contribution < 1.29 is 14.0 Å². The van der Waals surface area contributed by atoms with Crippen LogP contribution in [0.5, 0.6) is 0 Å². The highest BCUT2D eigenvalue weighted by atomic mass is 32.2. The zero-order valence-corrected chi connectivity index (χ0v) is 11.1. The number of amides is 2. The third-order valence-electron chi connectivity index (χ3n) is 2.79. The van der Waals surface area contributed by atoms with E-state index < -0.39 is 6.04 Å². The van der Waals surface area contributed by atoms with Gasteiger partial charge in [-0.25, -0.2) is 4.39 Å². The predicted octanol–water partition coefficient (Wildman–Crippen LogP) is 1.06. The smallest absolute Gasteiger partial charge is 0.243 e. The van der Waals surface area contributed by atoms with Crippen LogP contribution in [0, 0.1) is 5.82 Å². The van der Waals surface area contributed by atoms with E-state index in [9.17, 15) is 14.0 Å². The summed E-state index contributed by atoms with van der Waals surface area (Å²) in [6, 6.07) is 5.46. The first kappa shape index (κ1) is 13.9. The number of halogens is 1. The van der Waals surface area contributed by atoms with E-state index in [1.54, 1.807) is 23.9 Å². The van der Waals surface area contributed by atoms with Crippen LogP contribution >= 0.6 is 11.8 Å². The van der Waals surface area contributed by atoms with Gasteiger partial charge in [0.2, 0.25) is 11.8 Å². The summed E-state index contributed by atoms with van der Waals surface area (Å²) in [7, 11) is 0. The molecule has 0 saturated carbocycles. The van der Waals surface area contributed by atoms with Crippen molar-refractivity contribution in [2.24, 2.45) is 0 Å². The molecule has 2 amide bonds. The molecule has 102 valence electrons. The highest BCUT2D eigenvalue weighted by Crippen LogP contribution is 2.10. The summed E-state index contributed by atoms with van der Waals surface area (Å²) in [6.07, 6.45) is 0.451. The molecule has 0 spiro atoms. The van der Waals surface area contributed by atoms with Gasteiger partial charge in [-0.3, -0.25) is 9.59 Å². The second kappa shape index (κ2) is 6.56.